The number of carbonyl (C=O) groups is 1. The zero-order chi connectivity index (χ0) is 13.2. The maximum absolute atomic E-state index is 11.0. The lowest BCUT2D eigenvalue weighted by Gasteiger charge is -2.16. The molecule has 19 heavy (non-hydrogen) atoms. The highest BCUT2D eigenvalue weighted by atomic mass is 16.6. The van der Waals surface area contributed by atoms with Gasteiger partial charge in [0, 0.05) is 5.57 Å². The molecular formula is C16H14O3. The van der Waals surface area contributed by atoms with E-state index in [-0.39, 0.29) is 5.92 Å². The highest BCUT2D eigenvalue weighted by molar-refractivity contribution is 5.86. The molecular weight excluding hydrogens is 240 g/mol. The molecule has 0 unspecified atom stereocenters. The lowest BCUT2D eigenvalue weighted by atomic mass is 9.91. The van der Waals surface area contributed by atoms with E-state index in [1.807, 2.05) is 24.3 Å². The van der Waals surface area contributed by atoms with E-state index >= 15 is 0 Å². The highest BCUT2D eigenvalue weighted by Crippen LogP contribution is 2.29. The largest absolute Gasteiger partial charge is 0.472 e. The fraction of sp³-hybridized carbons (Fsp3) is 0.188. The van der Waals surface area contributed by atoms with Crippen molar-refractivity contribution < 1.29 is 14.6 Å². The Kier molecular flexibility index (Phi) is 3.05. The predicted molar refractivity (Wildman–Crippen MR) is 72.4 cm³/mol. The number of aldehydes is 1. The van der Waals surface area contributed by atoms with Crippen LogP contribution in [0.3, 0.4) is 0 Å². The van der Waals surface area contributed by atoms with Gasteiger partial charge in [-0.15, -0.1) is 0 Å². The molecule has 96 valence electrons. The predicted octanol–water partition coefficient (Wildman–Crippen LogP) is 2.43. The molecule has 1 N–H and O–H groups in total. The van der Waals surface area contributed by atoms with Crippen LogP contribution in [-0.4, -0.2) is 17.7 Å². The number of hydrogen-bond acceptors (Lipinski definition) is 3. The van der Waals surface area contributed by atoms with E-state index < -0.39 is 6.29 Å². The van der Waals surface area contributed by atoms with Gasteiger partial charge in [0.05, 0.1) is 12.2 Å². The number of rotatable bonds is 3. The van der Waals surface area contributed by atoms with Crippen molar-refractivity contribution in [2.45, 2.75) is 12.7 Å². The van der Waals surface area contributed by atoms with Crippen molar-refractivity contribution in [3.63, 3.8) is 0 Å². The lowest BCUT2D eigenvalue weighted by Crippen LogP contribution is -2.21. The second kappa shape index (κ2) is 4.86. The topological polar surface area (TPSA) is 46.5 Å². The lowest BCUT2D eigenvalue weighted by molar-refractivity contribution is -0.106. The van der Waals surface area contributed by atoms with E-state index in [0.29, 0.717) is 12.0 Å². The maximum atomic E-state index is 11.0. The first-order valence-corrected chi connectivity index (χ1v) is 6.25. The smallest absolute Gasteiger partial charge is 0.203 e. The van der Waals surface area contributed by atoms with E-state index in [9.17, 15) is 9.90 Å². The van der Waals surface area contributed by atoms with Crippen molar-refractivity contribution in [2.75, 3.05) is 0 Å². The molecule has 1 aliphatic heterocycles. The van der Waals surface area contributed by atoms with Gasteiger partial charge >= 0.3 is 0 Å². The molecule has 2 aromatic rings. The summed E-state index contributed by atoms with van der Waals surface area (Å²) < 4.78 is 5.02. The normalized spacial score (nSPS) is 22.1. The van der Waals surface area contributed by atoms with Crippen LogP contribution < -0.4 is 0 Å². The third-order valence-electron chi connectivity index (χ3n) is 3.57. The van der Waals surface area contributed by atoms with Gasteiger partial charge in [-0.2, -0.15) is 0 Å². The summed E-state index contributed by atoms with van der Waals surface area (Å²) in [4.78, 5) is 11.0. The number of ether oxygens (including phenoxy) is 1. The first-order valence-electron chi connectivity index (χ1n) is 6.25. The molecule has 3 rings (SSSR count). The number of aliphatic hydroxyl groups excluding tert-OH is 1. The van der Waals surface area contributed by atoms with Crippen molar-refractivity contribution >= 4 is 17.1 Å². The van der Waals surface area contributed by atoms with Crippen LogP contribution in [0.25, 0.3) is 10.8 Å². The van der Waals surface area contributed by atoms with Crippen LogP contribution in [-0.2, 0) is 16.0 Å². The average molecular weight is 254 g/mol. The minimum absolute atomic E-state index is 0.289. The molecule has 1 heterocycles. The fourth-order valence-electron chi connectivity index (χ4n) is 2.54. The SMILES string of the molecule is O=CC1=CO[C@@H](O)[C@@H]1Cc1cccc2ccccc12. The second-order valence-electron chi connectivity index (χ2n) is 4.71. The zero-order valence-corrected chi connectivity index (χ0v) is 10.3. The Labute approximate surface area is 111 Å². The zero-order valence-electron chi connectivity index (χ0n) is 10.3. The monoisotopic (exact) mass is 254 g/mol. The van der Waals surface area contributed by atoms with Gasteiger partial charge in [-0.25, -0.2) is 0 Å². The van der Waals surface area contributed by atoms with Gasteiger partial charge in [-0.05, 0) is 22.8 Å². The van der Waals surface area contributed by atoms with Crippen molar-refractivity contribution in [2.24, 2.45) is 5.92 Å². The standard InChI is InChI=1S/C16H14O3/c17-9-13-10-19-16(18)15(13)8-12-6-3-5-11-4-1-2-7-14(11)12/h1-7,9-10,15-16,18H,8H2/t15-,16-/m1/s1. The van der Waals surface area contributed by atoms with Crippen molar-refractivity contribution in [3.8, 4) is 0 Å². The summed E-state index contributed by atoms with van der Waals surface area (Å²) in [5, 5.41) is 12.1. The van der Waals surface area contributed by atoms with E-state index in [4.69, 9.17) is 4.74 Å². The molecule has 3 heteroatoms. The molecule has 1 aliphatic rings. The number of benzene rings is 2. The molecule has 0 spiro atoms. The first-order chi connectivity index (χ1) is 9.29. The number of hydrogen-bond donors (Lipinski definition) is 1. The summed E-state index contributed by atoms with van der Waals surface area (Å²) in [6.07, 6.45) is 1.77. The van der Waals surface area contributed by atoms with Crippen LogP contribution in [0.5, 0.6) is 0 Å². The van der Waals surface area contributed by atoms with E-state index in [1.165, 1.54) is 6.26 Å². The molecule has 0 fully saturated rings. The Morgan fingerprint density at radius 2 is 1.95 bits per heavy atom. The Hall–Kier alpha value is -2.13. The van der Waals surface area contributed by atoms with Crippen LogP contribution >= 0.6 is 0 Å². The molecule has 0 aliphatic carbocycles. The first kappa shape index (κ1) is 11.9. The average Bonchev–Trinajstić information content (AvgIpc) is 2.80. The summed E-state index contributed by atoms with van der Waals surface area (Å²) in [7, 11) is 0. The fourth-order valence-corrected chi connectivity index (χ4v) is 2.54. The molecule has 0 saturated carbocycles. The third-order valence-corrected chi connectivity index (χ3v) is 3.57. The quantitative estimate of drug-likeness (QED) is 0.856. The summed E-state index contributed by atoms with van der Waals surface area (Å²) >= 11 is 0. The van der Waals surface area contributed by atoms with Crippen LogP contribution in [0.1, 0.15) is 5.56 Å². The number of fused-ring (bicyclic) bond motifs is 1. The van der Waals surface area contributed by atoms with E-state index in [2.05, 4.69) is 18.2 Å². The summed E-state index contributed by atoms with van der Waals surface area (Å²) in [5.41, 5.74) is 1.63. The molecule has 3 nitrogen and oxygen atoms in total. The number of aliphatic hydroxyl groups is 1. The van der Waals surface area contributed by atoms with Crippen molar-refractivity contribution in [1.29, 1.82) is 0 Å². The highest BCUT2D eigenvalue weighted by Gasteiger charge is 2.30. The van der Waals surface area contributed by atoms with Crippen LogP contribution in [0, 0.1) is 5.92 Å². The van der Waals surface area contributed by atoms with Gasteiger partial charge in [-0.1, -0.05) is 42.5 Å². The van der Waals surface area contributed by atoms with Crippen molar-refractivity contribution in [3.05, 3.63) is 59.9 Å². The van der Waals surface area contributed by atoms with Gasteiger partial charge in [0.2, 0.25) is 6.29 Å². The molecule has 0 saturated heterocycles. The van der Waals surface area contributed by atoms with Gasteiger partial charge in [-0.3, -0.25) is 4.79 Å². The molecule has 0 aromatic heterocycles. The Bertz CT molecular complexity index is 640. The van der Waals surface area contributed by atoms with Gasteiger partial charge in [0.15, 0.2) is 0 Å². The third kappa shape index (κ3) is 2.13. The maximum Gasteiger partial charge on any atom is 0.203 e. The Morgan fingerprint density at radius 1 is 1.16 bits per heavy atom. The van der Waals surface area contributed by atoms with E-state index in [0.717, 1.165) is 22.6 Å². The summed E-state index contributed by atoms with van der Waals surface area (Å²) in [6.45, 7) is 0. The second-order valence-corrected chi connectivity index (χ2v) is 4.71. The minimum atomic E-state index is -0.931. The minimum Gasteiger partial charge on any atom is -0.472 e. The van der Waals surface area contributed by atoms with Gasteiger partial charge in [0.1, 0.15) is 6.29 Å². The van der Waals surface area contributed by atoms with Crippen LogP contribution in [0.4, 0.5) is 0 Å². The van der Waals surface area contributed by atoms with Gasteiger partial charge in [0.25, 0.3) is 0 Å². The number of carbonyl (C=O) groups excluding carboxylic acids is 1. The van der Waals surface area contributed by atoms with Crippen LogP contribution in [0.2, 0.25) is 0 Å². The molecule has 0 radical (unpaired) electrons. The van der Waals surface area contributed by atoms with Crippen molar-refractivity contribution in [1.82, 2.24) is 0 Å². The van der Waals surface area contributed by atoms with E-state index in [1.54, 1.807) is 0 Å². The van der Waals surface area contributed by atoms with Crippen LogP contribution in [0.15, 0.2) is 54.3 Å². The molecule has 2 aromatic carbocycles. The summed E-state index contributed by atoms with van der Waals surface area (Å²) in [6, 6.07) is 14.2. The molecule has 0 bridgehead atoms. The Balaban J connectivity index is 1.97. The summed E-state index contributed by atoms with van der Waals surface area (Å²) in [5.74, 6) is -0.289. The Morgan fingerprint density at radius 3 is 2.79 bits per heavy atom. The van der Waals surface area contributed by atoms with Gasteiger partial charge < -0.3 is 9.84 Å². The molecule has 2 atom stereocenters. The molecule has 0 amide bonds.